The van der Waals surface area contributed by atoms with Gasteiger partial charge in [-0.25, -0.2) is 4.98 Å². The van der Waals surface area contributed by atoms with E-state index in [4.69, 9.17) is 0 Å². The van der Waals surface area contributed by atoms with E-state index in [9.17, 15) is 5.11 Å². The molecular weight excluding hydrogens is 250 g/mol. The number of rotatable bonds is 6. The average molecular weight is 277 g/mol. The lowest BCUT2D eigenvalue weighted by Crippen LogP contribution is -2.36. The van der Waals surface area contributed by atoms with Gasteiger partial charge in [0.2, 0.25) is 0 Å². The highest BCUT2D eigenvalue weighted by atomic mass is 16.3. The third kappa shape index (κ3) is 3.30. The number of aliphatic hydroxyl groups is 1. The van der Waals surface area contributed by atoms with Gasteiger partial charge < -0.3 is 15.3 Å². The molecule has 1 fully saturated rings. The minimum Gasteiger partial charge on any atom is -0.394 e. The summed E-state index contributed by atoms with van der Waals surface area (Å²) in [6.07, 6.45) is 4.24. The van der Waals surface area contributed by atoms with Gasteiger partial charge in [0.25, 0.3) is 0 Å². The van der Waals surface area contributed by atoms with Crippen LogP contribution < -0.4 is 10.2 Å². The molecular formula is C16H27N3O. The molecule has 0 aliphatic carbocycles. The highest BCUT2D eigenvalue weighted by Crippen LogP contribution is 2.30. The zero-order valence-electron chi connectivity index (χ0n) is 12.9. The van der Waals surface area contributed by atoms with Crippen molar-refractivity contribution in [2.45, 2.75) is 46.2 Å². The van der Waals surface area contributed by atoms with E-state index in [1.165, 1.54) is 11.1 Å². The van der Waals surface area contributed by atoms with Gasteiger partial charge in [-0.3, -0.25) is 0 Å². The maximum Gasteiger partial charge on any atom is 0.131 e. The van der Waals surface area contributed by atoms with Crippen LogP contribution in [-0.4, -0.2) is 35.8 Å². The Balaban J connectivity index is 2.09. The fraction of sp³-hybridized carbons (Fsp3) is 0.688. The summed E-state index contributed by atoms with van der Waals surface area (Å²) in [5.74, 6) is 1.57. The molecule has 1 aromatic heterocycles. The lowest BCUT2D eigenvalue weighted by molar-refractivity contribution is 0.244. The van der Waals surface area contributed by atoms with E-state index in [2.05, 4.69) is 42.0 Å². The van der Waals surface area contributed by atoms with E-state index in [-0.39, 0.29) is 12.6 Å². The molecule has 1 saturated heterocycles. The molecule has 2 unspecified atom stereocenters. The second-order valence-corrected chi connectivity index (χ2v) is 5.87. The van der Waals surface area contributed by atoms with Crippen LogP contribution in [0.4, 0.5) is 5.82 Å². The topological polar surface area (TPSA) is 48.4 Å². The maximum atomic E-state index is 9.58. The smallest absolute Gasteiger partial charge is 0.131 e. The average Bonchev–Trinajstić information content (AvgIpc) is 2.80. The first-order chi connectivity index (χ1) is 9.67. The summed E-state index contributed by atoms with van der Waals surface area (Å²) in [6, 6.07) is 2.42. The third-order valence-corrected chi connectivity index (χ3v) is 4.20. The molecule has 0 saturated carbocycles. The van der Waals surface area contributed by atoms with E-state index in [1.807, 2.05) is 6.20 Å². The van der Waals surface area contributed by atoms with Crippen LogP contribution in [0.1, 0.15) is 37.8 Å². The molecule has 0 radical (unpaired) electrons. The van der Waals surface area contributed by atoms with Crippen molar-refractivity contribution in [1.29, 1.82) is 0 Å². The molecule has 0 spiro atoms. The van der Waals surface area contributed by atoms with Crippen LogP contribution in [0.5, 0.6) is 0 Å². The van der Waals surface area contributed by atoms with Gasteiger partial charge in [0.05, 0.1) is 12.6 Å². The van der Waals surface area contributed by atoms with Crippen molar-refractivity contribution >= 4 is 5.82 Å². The molecule has 0 amide bonds. The molecule has 4 nitrogen and oxygen atoms in total. The standard InChI is InChI=1S/C16H27N3O/c1-4-6-17-9-14-8-13(3)16(18-10-14)19-7-5-12(2)15(19)11-20/h8,10,12,15,17,20H,4-7,9,11H2,1-3H3. The number of aromatic nitrogens is 1. The summed E-state index contributed by atoms with van der Waals surface area (Å²) in [7, 11) is 0. The maximum absolute atomic E-state index is 9.58. The number of anilines is 1. The van der Waals surface area contributed by atoms with Gasteiger partial charge in [-0.2, -0.15) is 0 Å². The SMILES string of the molecule is CCCNCc1cnc(N2CCC(C)C2CO)c(C)c1. The number of nitrogens with zero attached hydrogens (tertiary/aromatic N) is 2. The number of aliphatic hydroxyl groups excluding tert-OH is 1. The summed E-state index contributed by atoms with van der Waals surface area (Å²) in [6.45, 7) is 9.61. The van der Waals surface area contributed by atoms with Gasteiger partial charge in [0.1, 0.15) is 5.82 Å². The van der Waals surface area contributed by atoms with Crippen molar-refractivity contribution in [2.75, 3.05) is 24.6 Å². The van der Waals surface area contributed by atoms with Crippen molar-refractivity contribution in [3.8, 4) is 0 Å². The number of nitrogens with one attached hydrogen (secondary N) is 1. The molecule has 2 heterocycles. The van der Waals surface area contributed by atoms with Crippen LogP contribution in [0.25, 0.3) is 0 Å². The van der Waals surface area contributed by atoms with Crippen LogP contribution in [0, 0.1) is 12.8 Å². The van der Waals surface area contributed by atoms with Gasteiger partial charge in [-0.15, -0.1) is 0 Å². The van der Waals surface area contributed by atoms with E-state index < -0.39 is 0 Å². The second kappa shape index (κ2) is 7.04. The predicted molar refractivity (Wildman–Crippen MR) is 83.0 cm³/mol. The van der Waals surface area contributed by atoms with Crippen LogP contribution in [0.3, 0.4) is 0 Å². The Labute approximate surface area is 122 Å². The Morgan fingerprint density at radius 2 is 2.30 bits per heavy atom. The Morgan fingerprint density at radius 1 is 1.50 bits per heavy atom. The Morgan fingerprint density at radius 3 is 2.95 bits per heavy atom. The summed E-state index contributed by atoms with van der Waals surface area (Å²) in [5, 5.41) is 13.0. The summed E-state index contributed by atoms with van der Waals surface area (Å²) < 4.78 is 0. The molecule has 1 aliphatic heterocycles. The van der Waals surface area contributed by atoms with Gasteiger partial charge in [0, 0.05) is 19.3 Å². The molecule has 0 aromatic carbocycles. The van der Waals surface area contributed by atoms with Crippen LogP contribution >= 0.6 is 0 Å². The summed E-state index contributed by atoms with van der Waals surface area (Å²) in [4.78, 5) is 6.91. The lowest BCUT2D eigenvalue weighted by Gasteiger charge is -2.27. The molecule has 2 N–H and O–H groups in total. The van der Waals surface area contributed by atoms with Gasteiger partial charge in [0.15, 0.2) is 0 Å². The normalized spacial score (nSPS) is 22.5. The molecule has 2 rings (SSSR count). The van der Waals surface area contributed by atoms with Gasteiger partial charge in [-0.05, 0) is 49.4 Å². The van der Waals surface area contributed by atoms with Crippen molar-refractivity contribution in [3.63, 3.8) is 0 Å². The van der Waals surface area contributed by atoms with Crippen molar-refractivity contribution in [3.05, 3.63) is 23.4 Å². The lowest BCUT2D eigenvalue weighted by atomic mass is 10.0. The highest BCUT2D eigenvalue weighted by molar-refractivity contribution is 5.49. The molecule has 2 atom stereocenters. The van der Waals surface area contributed by atoms with Crippen LogP contribution in [-0.2, 0) is 6.54 Å². The number of pyridine rings is 1. The first-order valence-corrected chi connectivity index (χ1v) is 7.71. The molecule has 1 aromatic rings. The first-order valence-electron chi connectivity index (χ1n) is 7.71. The van der Waals surface area contributed by atoms with Crippen LogP contribution in [0.2, 0.25) is 0 Å². The molecule has 112 valence electrons. The zero-order chi connectivity index (χ0) is 14.5. The minimum atomic E-state index is 0.210. The van der Waals surface area contributed by atoms with E-state index in [0.717, 1.165) is 38.3 Å². The van der Waals surface area contributed by atoms with Crippen molar-refractivity contribution in [1.82, 2.24) is 10.3 Å². The summed E-state index contributed by atoms with van der Waals surface area (Å²) in [5.41, 5.74) is 2.43. The predicted octanol–water partition coefficient (Wildman–Crippen LogP) is 2.10. The monoisotopic (exact) mass is 277 g/mol. The molecule has 20 heavy (non-hydrogen) atoms. The molecule has 4 heteroatoms. The zero-order valence-corrected chi connectivity index (χ0v) is 12.9. The number of hydrogen-bond donors (Lipinski definition) is 2. The number of hydrogen-bond acceptors (Lipinski definition) is 4. The van der Waals surface area contributed by atoms with E-state index >= 15 is 0 Å². The Bertz CT molecular complexity index is 436. The Hall–Kier alpha value is -1.13. The van der Waals surface area contributed by atoms with Crippen molar-refractivity contribution < 1.29 is 5.11 Å². The highest BCUT2D eigenvalue weighted by Gasteiger charge is 2.32. The largest absolute Gasteiger partial charge is 0.394 e. The second-order valence-electron chi connectivity index (χ2n) is 5.87. The fourth-order valence-electron chi connectivity index (χ4n) is 2.98. The minimum absolute atomic E-state index is 0.210. The molecule has 0 bridgehead atoms. The Kier molecular flexibility index (Phi) is 5.38. The van der Waals surface area contributed by atoms with Crippen LogP contribution in [0.15, 0.2) is 12.3 Å². The molecule has 1 aliphatic rings. The van der Waals surface area contributed by atoms with Crippen molar-refractivity contribution in [2.24, 2.45) is 5.92 Å². The van der Waals surface area contributed by atoms with Gasteiger partial charge >= 0.3 is 0 Å². The van der Waals surface area contributed by atoms with E-state index in [0.29, 0.717) is 5.92 Å². The van der Waals surface area contributed by atoms with E-state index in [1.54, 1.807) is 0 Å². The number of aryl methyl sites for hydroxylation is 1. The first kappa shape index (κ1) is 15.3. The van der Waals surface area contributed by atoms with Gasteiger partial charge in [-0.1, -0.05) is 13.8 Å². The quantitative estimate of drug-likeness (QED) is 0.782. The third-order valence-electron chi connectivity index (χ3n) is 4.20. The summed E-state index contributed by atoms with van der Waals surface area (Å²) >= 11 is 0. The fourth-order valence-corrected chi connectivity index (χ4v) is 2.98.